The second-order valence-electron chi connectivity index (χ2n) is 6.78. The first-order valence-electron chi connectivity index (χ1n) is 8.88. The van der Waals surface area contributed by atoms with Crippen LogP contribution in [0.15, 0.2) is 42.5 Å². The van der Waals surface area contributed by atoms with Crippen LogP contribution in [0.5, 0.6) is 0 Å². The van der Waals surface area contributed by atoms with Crippen molar-refractivity contribution >= 4 is 39.1 Å². The number of aryl methyl sites for hydroxylation is 1. The van der Waals surface area contributed by atoms with Crippen molar-refractivity contribution in [2.45, 2.75) is 25.9 Å². The number of sulfonamides is 1. The SMILES string of the molecule is C[C@H](OC(=O)c1ccc2c(c1)CCC(=O)N2)C(=O)c1ccc(NS(C)(=O)=O)cc1. The van der Waals surface area contributed by atoms with Gasteiger partial charge in [0.2, 0.25) is 21.7 Å². The first-order chi connectivity index (χ1) is 13.6. The van der Waals surface area contributed by atoms with Gasteiger partial charge in [-0.25, -0.2) is 13.2 Å². The van der Waals surface area contributed by atoms with E-state index in [-0.39, 0.29) is 11.5 Å². The van der Waals surface area contributed by atoms with Gasteiger partial charge >= 0.3 is 5.97 Å². The lowest BCUT2D eigenvalue weighted by atomic mass is 10.0. The molecule has 1 aliphatic rings. The number of rotatable bonds is 6. The minimum Gasteiger partial charge on any atom is -0.451 e. The third-order valence-corrected chi connectivity index (χ3v) is 4.97. The van der Waals surface area contributed by atoms with Gasteiger partial charge in [-0.3, -0.25) is 14.3 Å². The van der Waals surface area contributed by atoms with Gasteiger partial charge in [-0.15, -0.1) is 0 Å². The fraction of sp³-hybridized carbons (Fsp3) is 0.250. The van der Waals surface area contributed by atoms with Gasteiger partial charge in [-0.1, -0.05) is 0 Å². The topological polar surface area (TPSA) is 119 Å². The van der Waals surface area contributed by atoms with Gasteiger partial charge in [0, 0.05) is 23.4 Å². The van der Waals surface area contributed by atoms with Gasteiger partial charge in [-0.05, 0) is 61.4 Å². The molecule has 1 amide bonds. The molecule has 2 N–H and O–H groups in total. The Balaban J connectivity index is 1.66. The largest absolute Gasteiger partial charge is 0.451 e. The molecular formula is C20H20N2O6S. The number of carbonyl (C=O) groups excluding carboxylic acids is 3. The van der Waals surface area contributed by atoms with E-state index in [2.05, 4.69) is 10.0 Å². The first kappa shape index (κ1) is 20.5. The smallest absolute Gasteiger partial charge is 0.338 e. The van der Waals surface area contributed by atoms with E-state index in [1.165, 1.54) is 37.3 Å². The van der Waals surface area contributed by atoms with Crippen molar-refractivity contribution in [3.05, 3.63) is 59.2 Å². The molecule has 0 spiro atoms. The van der Waals surface area contributed by atoms with Crippen molar-refractivity contribution in [2.24, 2.45) is 0 Å². The second kappa shape index (κ2) is 8.04. The van der Waals surface area contributed by atoms with E-state index in [4.69, 9.17) is 4.74 Å². The highest BCUT2D eigenvalue weighted by Crippen LogP contribution is 2.24. The molecule has 0 unspecified atom stereocenters. The predicted octanol–water partition coefficient (Wildman–Crippen LogP) is 2.37. The Morgan fingerprint density at radius 1 is 1.07 bits per heavy atom. The zero-order chi connectivity index (χ0) is 21.2. The van der Waals surface area contributed by atoms with Crippen LogP contribution in [0.2, 0.25) is 0 Å². The van der Waals surface area contributed by atoms with Crippen molar-refractivity contribution in [3.63, 3.8) is 0 Å². The molecule has 0 radical (unpaired) electrons. The third-order valence-electron chi connectivity index (χ3n) is 4.36. The second-order valence-corrected chi connectivity index (χ2v) is 8.53. The minimum atomic E-state index is -3.41. The van der Waals surface area contributed by atoms with E-state index in [0.717, 1.165) is 11.8 Å². The Labute approximate surface area is 168 Å². The zero-order valence-corrected chi connectivity index (χ0v) is 16.7. The van der Waals surface area contributed by atoms with Crippen molar-refractivity contribution in [1.82, 2.24) is 0 Å². The lowest BCUT2D eigenvalue weighted by Gasteiger charge is -2.18. The maximum atomic E-state index is 12.5. The van der Waals surface area contributed by atoms with E-state index in [0.29, 0.717) is 29.8 Å². The molecule has 0 bridgehead atoms. The summed E-state index contributed by atoms with van der Waals surface area (Å²) in [6, 6.07) is 10.7. The Kier molecular flexibility index (Phi) is 5.69. The molecule has 1 atom stereocenters. The number of hydrogen-bond acceptors (Lipinski definition) is 6. The zero-order valence-electron chi connectivity index (χ0n) is 15.9. The van der Waals surface area contributed by atoms with Gasteiger partial charge in [0.15, 0.2) is 6.10 Å². The van der Waals surface area contributed by atoms with Gasteiger partial charge in [-0.2, -0.15) is 0 Å². The molecule has 1 aliphatic heterocycles. The van der Waals surface area contributed by atoms with Gasteiger partial charge < -0.3 is 10.1 Å². The van der Waals surface area contributed by atoms with Crippen LogP contribution in [-0.4, -0.2) is 38.4 Å². The van der Waals surface area contributed by atoms with Crippen LogP contribution in [0.3, 0.4) is 0 Å². The van der Waals surface area contributed by atoms with Crippen LogP contribution in [0.4, 0.5) is 11.4 Å². The Hall–Kier alpha value is -3.20. The number of Topliss-reactive ketones (excluding diaryl/α,β-unsaturated/α-hetero) is 1. The normalized spacial score (nSPS) is 14.3. The number of nitrogens with one attached hydrogen (secondary N) is 2. The Morgan fingerprint density at radius 2 is 1.72 bits per heavy atom. The molecule has 0 saturated carbocycles. The quantitative estimate of drug-likeness (QED) is 0.551. The van der Waals surface area contributed by atoms with Crippen LogP contribution in [-0.2, 0) is 26.0 Å². The summed E-state index contributed by atoms with van der Waals surface area (Å²) in [5.41, 5.74) is 2.43. The summed E-state index contributed by atoms with van der Waals surface area (Å²) in [6.07, 6.45) is 0.893. The van der Waals surface area contributed by atoms with Crippen LogP contribution < -0.4 is 10.0 Å². The number of esters is 1. The van der Waals surface area contributed by atoms with Crippen LogP contribution in [0.25, 0.3) is 0 Å². The van der Waals surface area contributed by atoms with Gasteiger partial charge in [0.1, 0.15) is 0 Å². The highest BCUT2D eigenvalue weighted by atomic mass is 32.2. The average Bonchev–Trinajstić information content (AvgIpc) is 2.66. The highest BCUT2D eigenvalue weighted by Gasteiger charge is 2.22. The standard InChI is InChI=1S/C20H20N2O6S/c1-12(19(24)13-3-7-16(8-4-13)22-29(2,26)27)28-20(25)15-5-9-17-14(11-15)6-10-18(23)21-17/h3-5,7-9,11-12,22H,6,10H2,1-2H3,(H,21,23)/t12-/m0/s1. The van der Waals surface area contributed by atoms with E-state index in [1.807, 2.05) is 0 Å². The van der Waals surface area contributed by atoms with E-state index < -0.39 is 27.9 Å². The van der Waals surface area contributed by atoms with Crippen molar-refractivity contribution in [3.8, 4) is 0 Å². The van der Waals surface area contributed by atoms with Crippen molar-refractivity contribution in [2.75, 3.05) is 16.3 Å². The lowest BCUT2D eigenvalue weighted by molar-refractivity contribution is -0.116. The molecule has 0 fully saturated rings. The highest BCUT2D eigenvalue weighted by molar-refractivity contribution is 7.92. The summed E-state index contributed by atoms with van der Waals surface area (Å²) in [5.74, 6) is -1.11. The summed E-state index contributed by atoms with van der Waals surface area (Å²) < 4.78 is 30.1. The van der Waals surface area contributed by atoms with E-state index in [9.17, 15) is 22.8 Å². The molecule has 0 aromatic heterocycles. The number of benzene rings is 2. The van der Waals surface area contributed by atoms with Gasteiger partial charge in [0.05, 0.1) is 11.8 Å². The van der Waals surface area contributed by atoms with Crippen molar-refractivity contribution < 1.29 is 27.5 Å². The van der Waals surface area contributed by atoms with Gasteiger partial charge in [0.25, 0.3) is 0 Å². The maximum Gasteiger partial charge on any atom is 0.338 e. The number of amides is 1. The molecule has 3 rings (SSSR count). The Morgan fingerprint density at radius 3 is 2.38 bits per heavy atom. The monoisotopic (exact) mass is 416 g/mol. The van der Waals surface area contributed by atoms with Crippen LogP contribution in [0.1, 0.15) is 39.6 Å². The third kappa shape index (κ3) is 5.20. The molecule has 152 valence electrons. The summed E-state index contributed by atoms with van der Waals surface area (Å²) in [4.78, 5) is 36.3. The summed E-state index contributed by atoms with van der Waals surface area (Å²) in [6.45, 7) is 1.47. The molecule has 0 saturated heterocycles. The molecule has 9 heteroatoms. The number of hydrogen-bond donors (Lipinski definition) is 2. The summed E-state index contributed by atoms with van der Waals surface area (Å²) in [5, 5.41) is 2.74. The van der Waals surface area contributed by atoms with E-state index >= 15 is 0 Å². The molecule has 2 aromatic rings. The minimum absolute atomic E-state index is 0.0650. The maximum absolute atomic E-state index is 12.5. The molecule has 29 heavy (non-hydrogen) atoms. The summed E-state index contributed by atoms with van der Waals surface area (Å²) in [7, 11) is -3.41. The lowest BCUT2D eigenvalue weighted by Crippen LogP contribution is -2.25. The fourth-order valence-corrected chi connectivity index (χ4v) is 3.51. The Bertz CT molecular complexity index is 1080. The molecule has 2 aromatic carbocycles. The number of carbonyl (C=O) groups is 3. The molecule has 8 nitrogen and oxygen atoms in total. The number of ketones is 1. The number of anilines is 2. The number of ether oxygens (including phenoxy) is 1. The summed E-state index contributed by atoms with van der Waals surface area (Å²) >= 11 is 0. The average molecular weight is 416 g/mol. The molecular weight excluding hydrogens is 396 g/mol. The predicted molar refractivity (Wildman–Crippen MR) is 108 cm³/mol. The first-order valence-corrected chi connectivity index (χ1v) is 10.8. The van der Waals surface area contributed by atoms with Crippen molar-refractivity contribution in [1.29, 1.82) is 0 Å². The van der Waals surface area contributed by atoms with Crippen LogP contribution in [0, 0.1) is 0 Å². The molecule has 1 heterocycles. The molecule has 0 aliphatic carbocycles. The number of fused-ring (bicyclic) bond motifs is 1. The van der Waals surface area contributed by atoms with Crippen LogP contribution >= 0.6 is 0 Å². The van der Waals surface area contributed by atoms with E-state index in [1.54, 1.807) is 12.1 Å². The fourth-order valence-electron chi connectivity index (χ4n) is 2.94.